The second kappa shape index (κ2) is 10.4. The van der Waals surface area contributed by atoms with Gasteiger partial charge < -0.3 is 14.6 Å². The van der Waals surface area contributed by atoms with Crippen LogP contribution < -0.4 is 10.1 Å². The topological polar surface area (TPSA) is 56.2 Å². The van der Waals surface area contributed by atoms with E-state index < -0.39 is 0 Å². The lowest BCUT2D eigenvalue weighted by molar-refractivity contribution is -0.115. The number of thiol groups is 1. The highest BCUT2D eigenvalue weighted by Gasteiger charge is 2.13. The van der Waals surface area contributed by atoms with Crippen LogP contribution in [0.3, 0.4) is 0 Å². The summed E-state index contributed by atoms with van der Waals surface area (Å²) in [5, 5.41) is 2.94. The van der Waals surface area contributed by atoms with Crippen LogP contribution in [0.1, 0.15) is 18.3 Å². The molecule has 0 fully saturated rings. The van der Waals surface area contributed by atoms with Crippen molar-refractivity contribution in [2.75, 3.05) is 11.1 Å². The van der Waals surface area contributed by atoms with E-state index in [2.05, 4.69) is 29.4 Å². The molecule has 3 aromatic carbocycles. The Morgan fingerprint density at radius 3 is 2.64 bits per heavy atom. The number of aromatic nitrogens is 2. The van der Waals surface area contributed by atoms with Gasteiger partial charge in [0.15, 0.2) is 10.6 Å². The van der Waals surface area contributed by atoms with Crippen LogP contribution in [0, 0.1) is 12.7 Å². The van der Waals surface area contributed by atoms with E-state index in [0.717, 1.165) is 22.8 Å². The molecule has 0 atom stereocenters. The van der Waals surface area contributed by atoms with Crippen molar-refractivity contribution in [2.45, 2.75) is 25.2 Å². The van der Waals surface area contributed by atoms with Crippen LogP contribution in [0.15, 0.2) is 84.0 Å². The molecule has 0 unspecified atom stereocenters. The Hall–Kier alpha value is -3.58. The first-order valence-electron chi connectivity index (χ1n) is 10.7. The average Bonchev–Trinajstić information content (AvgIpc) is 3.21. The molecule has 1 heterocycles. The molecule has 0 aliphatic heterocycles. The fourth-order valence-electron chi connectivity index (χ4n) is 3.46. The van der Waals surface area contributed by atoms with Crippen molar-refractivity contribution in [3.05, 3.63) is 96.3 Å². The summed E-state index contributed by atoms with van der Waals surface area (Å²) in [6, 6.07) is 19.4. The Morgan fingerprint density at radius 1 is 1.12 bits per heavy atom. The van der Waals surface area contributed by atoms with Gasteiger partial charge in [0, 0.05) is 42.0 Å². The molecule has 7 heteroatoms. The molecule has 0 saturated heterocycles. The van der Waals surface area contributed by atoms with Crippen molar-refractivity contribution < 1.29 is 13.9 Å². The average molecular weight is 463 g/mol. The Balaban J connectivity index is 1.55. The fourth-order valence-corrected chi connectivity index (χ4v) is 4.18. The van der Waals surface area contributed by atoms with Crippen molar-refractivity contribution in [3.8, 4) is 17.2 Å². The van der Waals surface area contributed by atoms with Gasteiger partial charge in [0.2, 0.25) is 5.91 Å². The molecule has 0 bridgehead atoms. The third-order valence-corrected chi connectivity index (χ3v) is 5.97. The Bertz CT molecular complexity index is 1250. The van der Waals surface area contributed by atoms with Gasteiger partial charge >= 0.3 is 0 Å². The molecular formula is C26H25FN3O2S+. The van der Waals surface area contributed by atoms with Gasteiger partial charge in [-0.3, -0.25) is 4.79 Å². The predicted octanol–water partition coefficient (Wildman–Crippen LogP) is 5.49. The normalized spacial score (nSPS) is 10.8. The molecule has 1 N–H and O–H groups in total. The number of hydrogen-bond donors (Lipinski definition) is 1. The van der Waals surface area contributed by atoms with Gasteiger partial charge in [-0.05, 0) is 55.8 Å². The zero-order chi connectivity index (χ0) is 23.2. The van der Waals surface area contributed by atoms with Gasteiger partial charge in [-0.15, -0.1) is 0 Å². The van der Waals surface area contributed by atoms with E-state index in [1.807, 2.05) is 42.0 Å². The number of benzene rings is 3. The highest BCUT2D eigenvalue weighted by atomic mass is 32.2. The number of halogens is 1. The molecule has 1 aromatic heterocycles. The van der Waals surface area contributed by atoms with Crippen LogP contribution in [0.4, 0.5) is 10.1 Å². The second-order valence-corrected chi connectivity index (χ2v) is 8.92. The van der Waals surface area contributed by atoms with Crippen LogP contribution in [0.25, 0.3) is 5.69 Å². The summed E-state index contributed by atoms with van der Waals surface area (Å²) in [5.74, 6) is 2.17. The summed E-state index contributed by atoms with van der Waals surface area (Å²) >= 11 is 1.28. The highest BCUT2D eigenvalue weighted by molar-refractivity contribution is 7.78. The fraction of sp³-hybridized carbons (Fsp3) is 0.154. The first kappa shape index (κ1) is 22.6. The zero-order valence-electron chi connectivity index (χ0n) is 18.5. The second-order valence-electron chi connectivity index (χ2n) is 7.45. The van der Waals surface area contributed by atoms with E-state index in [0.29, 0.717) is 17.2 Å². The molecule has 5 nitrogen and oxygen atoms in total. The van der Waals surface area contributed by atoms with Crippen molar-refractivity contribution in [3.63, 3.8) is 0 Å². The number of rotatable bonds is 8. The summed E-state index contributed by atoms with van der Waals surface area (Å²) in [6.07, 6.45) is 3.79. The van der Waals surface area contributed by atoms with E-state index in [-0.39, 0.29) is 18.1 Å². The minimum Gasteiger partial charge on any atom is -0.455 e. The molecule has 0 aliphatic rings. The number of anilines is 1. The summed E-state index contributed by atoms with van der Waals surface area (Å²) in [4.78, 5) is 18.2. The molecule has 0 aliphatic carbocycles. The minimum absolute atomic E-state index is 0.126. The summed E-state index contributed by atoms with van der Waals surface area (Å²) in [6.45, 7) is 4.02. The van der Waals surface area contributed by atoms with Gasteiger partial charge in [-0.25, -0.2) is 9.37 Å². The molecule has 1 amide bonds. The Labute approximate surface area is 196 Å². The van der Waals surface area contributed by atoms with E-state index in [9.17, 15) is 9.18 Å². The number of carbonyl (C=O) groups is 1. The standard InChI is InChI=1S/C26H24FN3O2S/c1-3-33-23-10-7-19(8-11-23)15-26(31)29-21-9-12-24(30-14-13-28-18(30)2)25(17-21)32-22-6-4-5-20(27)16-22/h4-14,16-17H,3,15H2,1-2H3,(H,29,31)/p+1. The van der Waals surface area contributed by atoms with Gasteiger partial charge in [-0.1, -0.05) is 18.2 Å². The molecule has 168 valence electrons. The van der Waals surface area contributed by atoms with Crippen LogP contribution in [0.2, 0.25) is 0 Å². The number of nitrogens with one attached hydrogen (secondary N) is 1. The number of carbonyl (C=O) groups excluding carboxylic acids is 1. The number of nitrogens with zero attached hydrogens (tertiary/aromatic N) is 2. The van der Waals surface area contributed by atoms with Gasteiger partial charge in [0.25, 0.3) is 0 Å². The van der Waals surface area contributed by atoms with Gasteiger partial charge in [0.05, 0.1) is 12.1 Å². The maximum absolute atomic E-state index is 13.7. The zero-order valence-corrected chi connectivity index (χ0v) is 19.4. The first-order chi connectivity index (χ1) is 16.0. The molecule has 4 rings (SSSR count). The van der Waals surface area contributed by atoms with Crippen LogP contribution >= 0.6 is 0 Å². The van der Waals surface area contributed by atoms with Crippen LogP contribution in [0.5, 0.6) is 11.5 Å². The van der Waals surface area contributed by atoms with Gasteiger partial charge in [-0.2, -0.15) is 0 Å². The monoisotopic (exact) mass is 462 g/mol. The maximum atomic E-state index is 13.7. The van der Waals surface area contributed by atoms with Crippen molar-refractivity contribution in [2.24, 2.45) is 0 Å². The van der Waals surface area contributed by atoms with E-state index >= 15 is 0 Å². The van der Waals surface area contributed by atoms with Crippen molar-refractivity contribution in [1.29, 1.82) is 0 Å². The smallest absolute Gasteiger partial charge is 0.228 e. The lowest BCUT2D eigenvalue weighted by atomic mass is 10.1. The molecule has 33 heavy (non-hydrogen) atoms. The molecule has 0 saturated carbocycles. The van der Waals surface area contributed by atoms with Crippen molar-refractivity contribution in [1.82, 2.24) is 9.55 Å². The number of hydrogen-bond acceptors (Lipinski definition) is 3. The van der Waals surface area contributed by atoms with E-state index in [1.54, 1.807) is 24.4 Å². The largest absolute Gasteiger partial charge is 0.455 e. The molecule has 0 spiro atoms. The summed E-state index contributed by atoms with van der Waals surface area (Å²) < 4.78 is 21.6. The van der Waals surface area contributed by atoms with E-state index in [4.69, 9.17) is 4.74 Å². The third kappa shape index (κ3) is 5.81. The van der Waals surface area contributed by atoms with Crippen LogP contribution in [-0.4, -0.2) is 21.2 Å². The number of imidazole rings is 1. The molecule has 4 aromatic rings. The van der Waals surface area contributed by atoms with Crippen molar-refractivity contribution >= 4 is 23.4 Å². The Kier molecular flexibility index (Phi) is 7.10. The number of ether oxygens (including phenoxy) is 1. The third-order valence-electron chi connectivity index (χ3n) is 4.99. The number of amides is 1. The number of aryl methyl sites for hydroxylation is 1. The quantitative estimate of drug-likeness (QED) is 0.278. The lowest BCUT2D eigenvalue weighted by Crippen LogP contribution is -2.14. The summed E-state index contributed by atoms with van der Waals surface area (Å²) in [7, 11) is 0. The molecule has 0 radical (unpaired) electrons. The summed E-state index contributed by atoms with van der Waals surface area (Å²) in [5.41, 5.74) is 2.27. The lowest BCUT2D eigenvalue weighted by Gasteiger charge is -2.15. The predicted molar refractivity (Wildman–Crippen MR) is 131 cm³/mol. The maximum Gasteiger partial charge on any atom is 0.228 e. The highest BCUT2D eigenvalue weighted by Crippen LogP contribution is 2.32. The first-order valence-corrected chi connectivity index (χ1v) is 11.7. The van der Waals surface area contributed by atoms with Gasteiger partial charge in [0.1, 0.15) is 23.1 Å². The van der Waals surface area contributed by atoms with E-state index in [1.165, 1.54) is 28.8 Å². The Morgan fingerprint density at radius 2 is 1.94 bits per heavy atom. The SMILES string of the molecule is CC[SH+]c1ccc(CC(=O)Nc2ccc(-n3ccnc3C)c(Oc3cccc(F)c3)c2)cc1. The molecular weight excluding hydrogens is 437 g/mol. The van der Waals surface area contributed by atoms with Crippen LogP contribution in [-0.2, 0) is 23.0 Å². The minimum atomic E-state index is -0.387.